The van der Waals surface area contributed by atoms with Gasteiger partial charge in [0.1, 0.15) is 0 Å². The second kappa shape index (κ2) is 7.17. The van der Waals surface area contributed by atoms with Crippen molar-refractivity contribution < 1.29 is 13.6 Å². The molecule has 0 radical (unpaired) electrons. The van der Waals surface area contributed by atoms with Gasteiger partial charge in [-0.1, -0.05) is 0 Å². The molecule has 4 rings (SSSR count). The van der Waals surface area contributed by atoms with Gasteiger partial charge in [-0.2, -0.15) is 5.10 Å². The van der Waals surface area contributed by atoms with E-state index in [-0.39, 0.29) is 23.3 Å². The van der Waals surface area contributed by atoms with Crippen molar-refractivity contribution >= 4 is 11.7 Å². The predicted octanol–water partition coefficient (Wildman–Crippen LogP) is 3.08. The van der Waals surface area contributed by atoms with Crippen LogP contribution in [0.25, 0.3) is 11.1 Å². The highest BCUT2D eigenvalue weighted by atomic mass is 19.2. The number of benzene rings is 1. The molecule has 27 heavy (non-hydrogen) atoms. The van der Waals surface area contributed by atoms with E-state index in [1.54, 1.807) is 12.1 Å². The fourth-order valence-electron chi connectivity index (χ4n) is 3.98. The molecular weight excluding hydrogens is 352 g/mol. The number of hydrogen-bond acceptors (Lipinski definition) is 3. The van der Waals surface area contributed by atoms with Crippen molar-refractivity contribution in [1.29, 1.82) is 0 Å². The highest BCUT2D eigenvalue weighted by Crippen LogP contribution is 2.32. The SMILES string of the molecule is CC1CN(C(=O)N2CCCC2)CCN1c1ccc(-c2cn[nH]c2)c(F)c1F. The molecule has 1 N–H and O–H groups in total. The maximum Gasteiger partial charge on any atom is 0.320 e. The molecule has 0 saturated carbocycles. The van der Waals surface area contributed by atoms with Crippen LogP contribution in [0.2, 0.25) is 0 Å². The number of carbonyl (C=O) groups is 1. The summed E-state index contributed by atoms with van der Waals surface area (Å²) in [6, 6.07) is 3.14. The Hall–Kier alpha value is -2.64. The van der Waals surface area contributed by atoms with Crippen molar-refractivity contribution in [3.8, 4) is 11.1 Å². The molecule has 2 aliphatic rings. The van der Waals surface area contributed by atoms with Crippen LogP contribution in [-0.4, -0.2) is 64.8 Å². The zero-order chi connectivity index (χ0) is 19.0. The molecule has 0 aliphatic carbocycles. The van der Waals surface area contributed by atoms with Crippen LogP contribution >= 0.6 is 0 Å². The third-order valence-corrected chi connectivity index (χ3v) is 5.46. The Kier molecular flexibility index (Phi) is 4.72. The minimum atomic E-state index is -0.878. The number of H-pyrrole nitrogens is 1. The highest BCUT2D eigenvalue weighted by Gasteiger charge is 2.32. The minimum absolute atomic E-state index is 0.0564. The maximum atomic E-state index is 14.8. The summed E-state index contributed by atoms with van der Waals surface area (Å²) in [5.41, 5.74) is 0.924. The summed E-state index contributed by atoms with van der Waals surface area (Å²) in [5, 5.41) is 6.39. The fourth-order valence-corrected chi connectivity index (χ4v) is 3.98. The van der Waals surface area contributed by atoms with E-state index in [4.69, 9.17) is 0 Å². The highest BCUT2D eigenvalue weighted by molar-refractivity contribution is 5.75. The summed E-state index contributed by atoms with van der Waals surface area (Å²) in [7, 11) is 0. The van der Waals surface area contributed by atoms with Gasteiger partial charge in [0.15, 0.2) is 11.6 Å². The standard InChI is InChI=1S/C19H23F2N5O/c1-13-12-25(19(27)24-6-2-3-7-24)8-9-26(13)16-5-4-15(17(20)18(16)21)14-10-22-23-11-14/h4-5,10-11,13H,2-3,6-9,12H2,1H3,(H,22,23). The number of nitrogens with zero attached hydrogens (tertiary/aromatic N) is 4. The van der Waals surface area contributed by atoms with Gasteiger partial charge in [-0.25, -0.2) is 13.6 Å². The summed E-state index contributed by atoms with van der Waals surface area (Å²) < 4.78 is 29.4. The number of nitrogens with one attached hydrogen (secondary N) is 1. The molecule has 2 saturated heterocycles. The molecule has 6 nitrogen and oxygen atoms in total. The van der Waals surface area contributed by atoms with Gasteiger partial charge in [-0.05, 0) is 31.9 Å². The molecule has 0 bridgehead atoms. The summed E-state index contributed by atoms with van der Waals surface area (Å²) in [5.74, 6) is -1.74. The molecule has 1 aromatic heterocycles. The van der Waals surface area contributed by atoms with Crippen LogP contribution in [0.1, 0.15) is 19.8 Å². The summed E-state index contributed by atoms with van der Waals surface area (Å²) in [4.78, 5) is 18.1. The number of anilines is 1. The molecule has 2 amide bonds. The number of aromatic nitrogens is 2. The molecule has 2 aromatic rings. The Morgan fingerprint density at radius 3 is 2.56 bits per heavy atom. The number of rotatable bonds is 2. The Morgan fingerprint density at radius 1 is 1.11 bits per heavy atom. The van der Waals surface area contributed by atoms with Crippen molar-refractivity contribution in [2.45, 2.75) is 25.8 Å². The molecule has 1 atom stereocenters. The minimum Gasteiger partial charge on any atom is -0.363 e. The van der Waals surface area contributed by atoms with Crippen molar-refractivity contribution in [1.82, 2.24) is 20.0 Å². The summed E-state index contributed by atoms with van der Waals surface area (Å²) in [6.07, 6.45) is 5.09. The quantitative estimate of drug-likeness (QED) is 0.878. The van der Waals surface area contributed by atoms with Crippen LogP contribution in [0.5, 0.6) is 0 Å². The van der Waals surface area contributed by atoms with Crippen LogP contribution in [0.3, 0.4) is 0 Å². The first-order valence-electron chi connectivity index (χ1n) is 9.34. The Labute approximate surface area is 156 Å². The van der Waals surface area contributed by atoms with Crippen LogP contribution in [0.15, 0.2) is 24.5 Å². The molecule has 2 aliphatic heterocycles. The van der Waals surface area contributed by atoms with Crippen molar-refractivity contribution in [2.75, 3.05) is 37.6 Å². The molecule has 144 valence electrons. The van der Waals surface area contributed by atoms with E-state index >= 15 is 0 Å². The average molecular weight is 375 g/mol. The lowest BCUT2D eigenvalue weighted by Gasteiger charge is -2.42. The topological polar surface area (TPSA) is 55.5 Å². The third-order valence-electron chi connectivity index (χ3n) is 5.46. The van der Waals surface area contributed by atoms with Gasteiger partial charge in [0, 0.05) is 56.1 Å². The van der Waals surface area contributed by atoms with Gasteiger partial charge in [0.05, 0.1) is 11.9 Å². The van der Waals surface area contributed by atoms with E-state index in [0.29, 0.717) is 25.2 Å². The number of likely N-dealkylation sites (tertiary alicyclic amines) is 1. The zero-order valence-electron chi connectivity index (χ0n) is 15.3. The normalized spacial score (nSPS) is 20.4. The Morgan fingerprint density at radius 2 is 1.89 bits per heavy atom. The second-order valence-corrected chi connectivity index (χ2v) is 7.21. The number of amides is 2. The number of piperazine rings is 1. The van der Waals surface area contributed by atoms with Gasteiger partial charge in [-0.3, -0.25) is 5.10 Å². The molecule has 1 aromatic carbocycles. The number of aromatic amines is 1. The van der Waals surface area contributed by atoms with Crippen molar-refractivity contribution in [3.63, 3.8) is 0 Å². The maximum absolute atomic E-state index is 14.8. The lowest BCUT2D eigenvalue weighted by Crippen LogP contribution is -2.56. The number of hydrogen-bond donors (Lipinski definition) is 1. The molecule has 2 fully saturated rings. The Balaban J connectivity index is 1.51. The van der Waals surface area contributed by atoms with Crippen LogP contribution in [-0.2, 0) is 0 Å². The molecule has 1 unspecified atom stereocenters. The molecule has 0 spiro atoms. The van der Waals surface area contributed by atoms with Gasteiger partial charge in [-0.15, -0.1) is 0 Å². The largest absolute Gasteiger partial charge is 0.363 e. The summed E-state index contributed by atoms with van der Waals surface area (Å²) in [6.45, 7) is 5.03. The van der Waals surface area contributed by atoms with E-state index in [1.807, 2.05) is 21.6 Å². The van der Waals surface area contributed by atoms with E-state index < -0.39 is 11.6 Å². The zero-order valence-corrected chi connectivity index (χ0v) is 15.3. The third kappa shape index (κ3) is 3.24. The van der Waals surface area contributed by atoms with E-state index in [2.05, 4.69) is 10.2 Å². The van der Waals surface area contributed by atoms with Crippen LogP contribution in [0.4, 0.5) is 19.3 Å². The van der Waals surface area contributed by atoms with E-state index in [9.17, 15) is 13.6 Å². The number of halogens is 2. The smallest absolute Gasteiger partial charge is 0.320 e. The van der Waals surface area contributed by atoms with Gasteiger partial charge >= 0.3 is 6.03 Å². The van der Waals surface area contributed by atoms with Gasteiger partial charge in [0.2, 0.25) is 0 Å². The fraction of sp³-hybridized carbons (Fsp3) is 0.474. The van der Waals surface area contributed by atoms with Crippen molar-refractivity contribution in [2.24, 2.45) is 0 Å². The van der Waals surface area contributed by atoms with Crippen molar-refractivity contribution in [3.05, 3.63) is 36.2 Å². The monoisotopic (exact) mass is 375 g/mol. The molecule has 3 heterocycles. The summed E-state index contributed by atoms with van der Waals surface area (Å²) >= 11 is 0. The molecule has 8 heteroatoms. The number of carbonyl (C=O) groups excluding carboxylic acids is 1. The van der Waals surface area contributed by atoms with Gasteiger partial charge in [0.25, 0.3) is 0 Å². The van der Waals surface area contributed by atoms with Gasteiger partial charge < -0.3 is 14.7 Å². The van der Waals surface area contributed by atoms with E-state index in [0.717, 1.165) is 25.9 Å². The Bertz CT molecular complexity index is 820. The first-order chi connectivity index (χ1) is 13.1. The first kappa shape index (κ1) is 17.8. The number of urea groups is 1. The second-order valence-electron chi connectivity index (χ2n) is 7.21. The lowest BCUT2D eigenvalue weighted by atomic mass is 10.1. The average Bonchev–Trinajstić information content (AvgIpc) is 3.37. The first-order valence-corrected chi connectivity index (χ1v) is 9.34. The van der Waals surface area contributed by atoms with Crippen LogP contribution in [0, 0.1) is 11.6 Å². The van der Waals surface area contributed by atoms with E-state index in [1.165, 1.54) is 12.4 Å². The lowest BCUT2D eigenvalue weighted by molar-refractivity contribution is 0.153. The van der Waals surface area contributed by atoms with Crippen LogP contribution < -0.4 is 4.90 Å². The molecular formula is C19H23F2N5O. The predicted molar refractivity (Wildman–Crippen MR) is 98.5 cm³/mol.